The minimum atomic E-state index is -3.33. The standard InChI is InChI=1S/C8H14N2O3S/c1-9-14(12,13)7-6-10-4-2-8(11)3-5-10/h1,9H,2-7H2. The van der Waals surface area contributed by atoms with Crippen molar-refractivity contribution < 1.29 is 13.2 Å². The van der Waals surface area contributed by atoms with Crippen molar-refractivity contribution in [2.24, 2.45) is 0 Å². The second-order valence-corrected chi connectivity index (χ2v) is 5.19. The molecule has 0 atom stereocenters. The third-order valence-electron chi connectivity index (χ3n) is 2.27. The molecule has 1 heterocycles. The van der Waals surface area contributed by atoms with Crippen molar-refractivity contribution in [3.05, 3.63) is 7.05 Å². The van der Waals surface area contributed by atoms with Gasteiger partial charge in [0, 0.05) is 32.5 Å². The first-order chi connectivity index (χ1) is 6.53. The smallest absolute Gasteiger partial charge is 0.213 e. The van der Waals surface area contributed by atoms with E-state index in [1.54, 1.807) is 4.72 Å². The first kappa shape index (κ1) is 11.6. The molecule has 1 N–H and O–H groups in total. The van der Waals surface area contributed by atoms with Crippen molar-refractivity contribution in [2.75, 3.05) is 25.4 Å². The Morgan fingerprint density at radius 3 is 2.43 bits per heavy atom. The highest BCUT2D eigenvalue weighted by molar-refractivity contribution is 7.89. The van der Waals surface area contributed by atoms with Crippen LogP contribution in [0.15, 0.2) is 0 Å². The van der Waals surface area contributed by atoms with Gasteiger partial charge in [-0.1, -0.05) is 0 Å². The van der Waals surface area contributed by atoms with E-state index in [9.17, 15) is 13.2 Å². The summed E-state index contributed by atoms with van der Waals surface area (Å²) in [7, 11) is 1.50. The number of carbonyl (C=O) groups excluding carboxylic acids is 1. The van der Waals surface area contributed by atoms with Crippen LogP contribution < -0.4 is 4.72 Å². The van der Waals surface area contributed by atoms with Crippen LogP contribution in [0.1, 0.15) is 12.8 Å². The average Bonchev–Trinajstić information content (AvgIpc) is 2.17. The summed E-state index contributed by atoms with van der Waals surface area (Å²) in [6.07, 6.45) is 1.05. The normalized spacial score (nSPS) is 19.9. The maximum absolute atomic E-state index is 11.0. The van der Waals surface area contributed by atoms with E-state index < -0.39 is 10.0 Å². The van der Waals surface area contributed by atoms with Crippen molar-refractivity contribution >= 4 is 15.8 Å². The molecule has 0 bridgehead atoms. The van der Waals surface area contributed by atoms with Gasteiger partial charge in [-0.3, -0.25) is 4.79 Å². The van der Waals surface area contributed by atoms with Crippen molar-refractivity contribution in [2.45, 2.75) is 12.8 Å². The first-order valence-electron chi connectivity index (χ1n) is 4.47. The maximum atomic E-state index is 11.0. The molecule has 14 heavy (non-hydrogen) atoms. The van der Waals surface area contributed by atoms with Gasteiger partial charge >= 0.3 is 0 Å². The number of piperidine rings is 1. The summed E-state index contributed by atoms with van der Waals surface area (Å²) >= 11 is 0. The van der Waals surface area contributed by atoms with Crippen molar-refractivity contribution in [3.63, 3.8) is 0 Å². The molecule has 0 aromatic carbocycles. The molecule has 0 amide bonds. The second-order valence-electron chi connectivity index (χ2n) is 3.32. The van der Waals surface area contributed by atoms with Gasteiger partial charge in [0.25, 0.3) is 0 Å². The predicted molar refractivity (Wildman–Crippen MR) is 51.9 cm³/mol. The van der Waals surface area contributed by atoms with Crippen molar-refractivity contribution in [1.82, 2.24) is 9.62 Å². The molecular formula is C8H14N2O3S. The number of ketones is 1. The Bertz CT molecular complexity index is 290. The molecule has 1 rings (SSSR count). The van der Waals surface area contributed by atoms with Crippen molar-refractivity contribution in [1.29, 1.82) is 0 Å². The second kappa shape index (κ2) is 4.86. The predicted octanol–water partition coefficient (Wildman–Crippen LogP) is -0.761. The minimum Gasteiger partial charge on any atom is -0.301 e. The zero-order valence-electron chi connectivity index (χ0n) is 7.90. The van der Waals surface area contributed by atoms with Crippen LogP contribution in [0.25, 0.3) is 0 Å². The van der Waals surface area contributed by atoms with Crippen LogP contribution in [0.2, 0.25) is 0 Å². The van der Waals surface area contributed by atoms with Gasteiger partial charge in [-0.2, -0.15) is 0 Å². The average molecular weight is 218 g/mol. The lowest BCUT2D eigenvalue weighted by molar-refractivity contribution is -0.121. The number of nitrogens with one attached hydrogen (secondary N) is 1. The van der Waals surface area contributed by atoms with Gasteiger partial charge in [0.1, 0.15) is 5.78 Å². The Morgan fingerprint density at radius 2 is 1.93 bits per heavy atom. The number of likely N-dealkylation sites (tertiary alicyclic amines) is 1. The summed E-state index contributed by atoms with van der Waals surface area (Å²) in [6.45, 7) is 1.73. The molecule has 1 aliphatic rings. The molecule has 0 saturated carbocycles. The summed E-state index contributed by atoms with van der Waals surface area (Å²) in [5.74, 6) is 0.235. The van der Waals surface area contributed by atoms with Crippen LogP contribution in [0.5, 0.6) is 0 Å². The van der Waals surface area contributed by atoms with Crippen LogP contribution >= 0.6 is 0 Å². The maximum Gasteiger partial charge on any atom is 0.213 e. The number of carbonyl (C=O) groups is 1. The summed E-state index contributed by atoms with van der Waals surface area (Å²) < 4.78 is 23.7. The molecule has 0 spiro atoms. The fraction of sp³-hybridized carbons (Fsp3) is 0.750. The summed E-state index contributed by atoms with van der Waals surface area (Å²) in [5.41, 5.74) is 0. The molecule has 1 saturated heterocycles. The zero-order valence-corrected chi connectivity index (χ0v) is 8.72. The Hall–Kier alpha value is -0.460. The molecule has 5 nitrogen and oxygen atoms in total. The molecule has 1 fully saturated rings. The highest BCUT2D eigenvalue weighted by Gasteiger charge is 2.17. The van der Waals surface area contributed by atoms with Crippen LogP contribution in [-0.2, 0) is 14.8 Å². The SMILES string of the molecule is [CH]NS(=O)(=O)CCN1CCC(=O)CC1. The van der Waals surface area contributed by atoms with Gasteiger partial charge in [-0.15, -0.1) is 0 Å². The third kappa shape index (κ3) is 3.73. The lowest BCUT2D eigenvalue weighted by atomic mass is 10.1. The van der Waals surface area contributed by atoms with Crippen LogP contribution in [0.4, 0.5) is 0 Å². The molecule has 0 aliphatic carbocycles. The Labute approximate surface area is 84.5 Å². The fourth-order valence-corrected chi connectivity index (χ4v) is 1.95. The minimum absolute atomic E-state index is 0.0162. The molecule has 80 valence electrons. The van der Waals surface area contributed by atoms with Gasteiger partial charge in [-0.05, 0) is 0 Å². The van der Waals surface area contributed by atoms with Gasteiger partial charge in [0.2, 0.25) is 10.0 Å². The summed E-state index contributed by atoms with van der Waals surface area (Å²) in [6, 6.07) is 0. The van der Waals surface area contributed by atoms with Crippen LogP contribution in [0.3, 0.4) is 0 Å². The van der Waals surface area contributed by atoms with Crippen molar-refractivity contribution in [3.8, 4) is 0 Å². The lowest BCUT2D eigenvalue weighted by Gasteiger charge is -2.25. The molecule has 0 aromatic heterocycles. The lowest BCUT2D eigenvalue weighted by Crippen LogP contribution is -2.38. The number of nitrogens with zero attached hydrogens (tertiary/aromatic N) is 1. The first-order valence-corrected chi connectivity index (χ1v) is 6.13. The van der Waals surface area contributed by atoms with E-state index >= 15 is 0 Å². The molecule has 2 radical (unpaired) electrons. The third-order valence-corrected chi connectivity index (χ3v) is 3.35. The van der Waals surface area contributed by atoms with Gasteiger partial charge < -0.3 is 4.90 Å². The summed E-state index contributed by atoms with van der Waals surface area (Å²) in [5, 5.41) is 0. The van der Waals surface area contributed by atoms with E-state index in [2.05, 4.69) is 0 Å². The van der Waals surface area contributed by atoms with E-state index in [-0.39, 0.29) is 11.5 Å². The summed E-state index contributed by atoms with van der Waals surface area (Å²) in [4.78, 5) is 12.8. The van der Waals surface area contributed by atoms with Gasteiger partial charge in [0.05, 0.1) is 12.8 Å². The molecule has 0 aromatic rings. The van der Waals surface area contributed by atoms with E-state index in [0.717, 1.165) is 0 Å². The van der Waals surface area contributed by atoms with E-state index in [1.807, 2.05) is 4.90 Å². The van der Waals surface area contributed by atoms with E-state index in [4.69, 9.17) is 7.05 Å². The molecule has 1 aliphatic heterocycles. The largest absolute Gasteiger partial charge is 0.301 e. The number of hydrogen-bond acceptors (Lipinski definition) is 4. The van der Waals surface area contributed by atoms with Gasteiger partial charge in [-0.25, -0.2) is 13.1 Å². The van der Waals surface area contributed by atoms with Gasteiger partial charge in [0.15, 0.2) is 0 Å². The Kier molecular flexibility index (Phi) is 4.03. The topological polar surface area (TPSA) is 66.5 Å². The highest BCUT2D eigenvalue weighted by atomic mass is 32.2. The Balaban J connectivity index is 2.29. The number of Topliss-reactive ketones (excluding diaryl/α,β-unsaturated/α-hetero) is 1. The molecular weight excluding hydrogens is 204 g/mol. The zero-order chi connectivity index (χ0) is 10.6. The highest BCUT2D eigenvalue weighted by Crippen LogP contribution is 2.05. The fourth-order valence-electron chi connectivity index (χ4n) is 1.33. The van der Waals surface area contributed by atoms with Crippen LogP contribution in [-0.4, -0.2) is 44.5 Å². The van der Waals surface area contributed by atoms with Crippen LogP contribution in [0, 0.1) is 7.05 Å². The quantitative estimate of drug-likeness (QED) is 0.630. The molecule has 6 heteroatoms. The van der Waals surface area contributed by atoms with E-state index in [1.165, 1.54) is 0 Å². The monoisotopic (exact) mass is 218 g/mol. The number of hydrogen-bond donors (Lipinski definition) is 1. The Morgan fingerprint density at radius 1 is 1.36 bits per heavy atom. The number of rotatable bonds is 4. The number of sulfonamides is 1. The van der Waals surface area contributed by atoms with E-state index in [0.29, 0.717) is 32.5 Å². The molecule has 0 unspecified atom stereocenters.